The molecule has 0 saturated carbocycles. The first-order valence-electron chi connectivity index (χ1n) is 5.56. The molecule has 0 aromatic heterocycles. The van der Waals surface area contributed by atoms with E-state index in [1.807, 2.05) is 0 Å². The molecule has 100 valence electrons. The zero-order valence-electron chi connectivity index (χ0n) is 10.1. The number of piperazine rings is 1. The van der Waals surface area contributed by atoms with Crippen LogP contribution in [0.4, 0.5) is 4.39 Å². The van der Waals surface area contributed by atoms with Gasteiger partial charge in [-0.15, -0.1) is 12.4 Å². The van der Waals surface area contributed by atoms with E-state index in [1.165, 1.54) is 19.2 Å². The molecule has 1 saturated heterocycles. The van der Waals surface area contributed by atoms with Crippen LogP contribution in [-0.4, -0.2) is 44.1 Å². The number of methoxy groups -OCH3 is 1. The molecule has 2 rings (SSSR count). The van der Waals surface area contributed by atoms with Gasteiger partial charge in [0.05, 0.1) is 12.7 Å². The van der Waals surface area contributed by atoms with Crippen molar-refractivity contribution in [2.45, 2.75) is 0 Å². The summed E-state index contributed by atoms with van der Waals surface area (Å²) in [5.41, 5.74) is 0.0752. The Morgan fingerprint density at radius 3 is 2.67 bits per heavy atom. The van der Waals surface area contributed by atoms with Gasteiger partial charge in [0.2, 0.25) is 0 Å². The van der Waals surface area contributed by atoms with Gasteiger partial charge in [0, 0.05) is 26.2 Å². The second-order valence-electron chi connectivity index (χ2n) is 3.86. The number of halogens is 2. The predicted octanol–water partition coefficient (Wildman–Crippen LogP) is 1.30. The van der Waals surface area contributed by atoms with E-state index in [1.54, 1.807) is 11.0 Å². The van der Waals surface area contributed by atoms with Gasteiger partial charge in [0.25, 0.3) is 5.91 Å². The fourth-order valence-corrected chi connectivity index (χ4v) is 1.87. The highest BCUT2D eigenvalue weighted by Crippen LogP contribution is 2.21. The molecule has 0 unspecified atom stereocenters. The molecule has 0 spiro atoms. The number of carbonyl (C=O) groups excluding carboxylic acids is 1. The van der Waals surface area contributed by atoms with Gasteiger partial charge in [0.15, 0.2) is 11.6 Å². The first-order chi connectivity index (χ1) is 8.24. The number of amides is 1. The van der Waals surface area contributed by atoms with Crippen LogP contribution in [0.25, 0.3) is 0 Å². The second kappa shape index (κ2) is 6.56. The molecular weight excluding hydrogens is 259 g/mol. The van der Waals surface area contributed by atoms with Crippen molar-refractivity contribution < 1.29 is 13.9 Å². The average molecular weight is 275 g/mol. The van der Waals surface area contributed by atoms with Crippen LogP contribution in [0.5, 0.6) is 5.75 Å². The molecule has 1 aromatic rings. The molecule has 0 atom stereocenters. The normalized spacial score (nSPS) is 14.9. The molecule has 1 fully saturated rings. The summed E-state index contributed by atoms with van der Waals surface area (Å²) in [5, 5.41) is 3.15. The summed E-state index contributed by atoms with van der Waals surface area (Å²) in [4.78, 5) is 13.7. The molecule has 4 nitrogen and oxygen atoms in total. The zero-order valence-corrected chi connectivity index (χ0v) is 10.9. The molecule has 18 heavy (non-hydrogen) atoms. The average Bonchev–Trinajstić information content (AvgIpc) is 2.39. The Bertz CT molecular complexity index is 423. The van der Waals surface area contributed by atoms with Crippen LogP contribution < -0.4 is 10.1 Å². The number of rotatable bonds is 2. The minimum absolute atomic E-state index is 0. The SMILES string of the molecule is COc1cccc(C(=O)N2CCNCC2)c1F.Cl. The molecule has 0 radical (unpaired) electrons. The van der Waals surface area contributed by atoms with Crippen LogP contribution in [0.3, 0.4) is 0 Å². The Labute approximate surface area is 112 Å². The first-order valence-corrected chi connectivity index (χ1v) is 5.56. The summed E-state index contributed by atoms with van der Waals surface area (Å²) in [6, 6.07) is 4.61. The van der Waals surface area contributed by atoms with E-state index in [-0.39, 0.29) is 29.6 Å². The first kappa shape index (κ1) is 14.7. The Kier molecular flexibility index (Phi) is 5.37. The zero-order chi connectivity index (χ0) is 12.3. The Morgan fingerprint density at radius 1 is 1.39 bits per heavy atom. The van der Waals surface area contributed by atoms with E-state index in [9.17, 15) is 9.18 Å². The van der Waals surface area contributed by atoms with E-state index < -0.39 is 5.82 Å². The number of nitrogens with zero attached hydrogens (tertiary/aromatic N) is 1. The van der Waals surface area contributed by atoms with Crippen molar-refractivity contribution in [3.8, 4) is 5.75 Å². The fraction of sp³-hybridized carbons (Fsp3) is 0.417. The van der Waals surface area contributed by atoms with Crippen molar-refractivity contribution in [1.82, 2.24) is 10.2 Å². The summed E-state index contributed by atoms with van der Waals surface area (Å²) in [7, 11) is 1.39. The lowest BCUT2D eigenvalue weighted by molar-refractivity contribution is 0.0730. The maximum absolute atomic E-state index is 13.9. The van der Waals surface area contributed by atoms with Crippen LogP contribution >= 0.6 is 12.4 Å². The topological polar surface area (TPSA) is 41.6 Å². The van der Waals surface area contributed by atoms with Crippen molar-refractivity contribution in [3.63, 3.8) is 0 Å². The molecule has 1 amide bonds. The van der Waals surface area contributed by atoms with E-state index in [0.717, 1.165) is 13.1 Å². The third kappa shape index (κ3) is 2.91. The molecule has 1 aliphatic rings. The van der Waals surface area contributed by atoms with E-state index in [0.29, 0.717) is 13.1 Å². The van der Waals surface area contributed by atoms with Gasteiger partial charge in [-0.25, -0.2) is 4.39 Å². The Balaban J connectivity index is 0.00000162. The minimum atomic E-state index is -0.585. The number of carbonyl (C=O) groups is 1. The lowest BCUT2D eigenvalue weighted by Gasteiger charge is -2.27. The number of benzene rings is 1. The van der Waals surface area contributed by atoms with E-state index in [4.69, 9.17) is 4.74 Å². The molecule has 1 aromatic carbocycles. The van der Waals surface area contributed by atoms with Crippen LogP contribution in [-0.2, 0) is 0 Å². The quantitative estimate of drug-likeness (QED) is 0.884. The van der Waals surface area contributed by atoms with Gasteiger partial charge in [-0.1, -0.05) is 6.07 Å². The largest absolute Gasteiger partial charge is 0.494 e. The molecule has 0 bridgehead atoms. The predicted molar refractivity (Wildman–Crippen MR) is 69.0 cm³/mol. The number of ether oxygens (including phenoxy) is 1. The van der Waals surface area contributed by atoms with Crippen LogP contribution in [0.2, 0.25) is 0 Å². The highest BCUT2D eigenvalue weighted by atomic mass is 35.5. The molecule has 1 heterocycles. The van der Waals surface area contributed by atoms with Gasteiger partial charge < -0.3 is 15.0 Å². The number of hydrogen-bond donors (Lipinski definition) is 1. The Hall–Kier alpha value is -1.33. The van der Waals surface area contributed by atoms with Crippen molar-refractivity contribution in [2.75, 3.05) is 33.3 Å². The van der Waals surface area contributed by atoms with Crippen molar-refractivity contribution in [2.24, 2.45) is 0 Å². The monoisotopic (exact) mass is 274 g/mol. The summed E-state index contributed by atoms with van der Waals surface area (Å²) in [5.74, 6) is -0.757. The van der Waals surface area contributed by atoms with Gasteiger partial charge in [-0.3, -0.25) is 4.79 Å². The van der Waals surface area contributed by atoms with Crippen molar-refractivity contribution >= 4 is 18.3 Å². The van der Waals surface area contributed by atoms with Gasteiger partial charge >= 0.3 is 0 Å². The van der Waals surface area contributed by atoms with Gasteiger partial charge in [0.1, 0.15) is 0 Å². The van der Waals surface area contributed by atoms with Crippen molar-refractivity contribution in [1.29, 1.82) is 0 Å². The smallest absolute Gasteiger partial charge is 0.257 e. The lowest BCUT2D eigenvalue weighted by atomic mass is 10.1. The maximum Gasteiger partial charge on any atom is 0.257 e. The summed E-state index contributed by atoms with van der Waals surface area (Å²) in [6.07, 6.45) is 0. The summed E-state index contributed by atoms with van der Waals surface area (Å²) < 4.78 is 18.8. The highest BCUT2D eigenvalue weighted by molar-refractivity contribution is 5.95. The summed E-state index contributed by atoms with van der Waals surface area (Å²) in [6.45, 7) is 2.71. The van der Waals surface area contributed by atoms with Gasteiger partial charge in [-0.05, 0) is 12.1 Å². The number of nitrogens with one attached hydrogen (secondary N) is 1. The highest BCUT2D eigenvalue weighted by Gasteiger charge is 2.22. The standard InChI is InChI=1S/C12H15FN2O2.ClH/c1-17-10-4-2-3-9(11(10)13)12(16)15-7-5-14-6-8-15;/h2-4,14H,5-8H2,1H3;1H. The molecule has 0 aliphatic carbocycles. The maximum atomic E-state index is 13.9. The third-order valence-corrected chi connectivity index (χ3v) is 2.82. The van der Waals surface area contributed by atoms with Crippen LogP contribution in [0.15, 0.2) is 18.2 Å². The Morgan fingerprint density at radius 2 is 2.06 bits per heavy atom. The second-order valence-corrected chi connectivity index (χ2v) is 3.86. The number of hydrogen-bond acceptors (Lipinski definition) is 3. The molecule has 6 heteroatoms. The molecular formula is C12H16ClFN2O2. The molecule has 1 aliphatic heterocycles. The minimum Gasteiger partial charge on any atom is -0.494 e. The van der Waals surface area contributed by atoms with Crippen LogP contribution in [0.1, 0.15) is 10.4 Å². The van der Waals surface area contributed by atoms with Crippen LogP contribution in [0, 0.1) is 5.82 Å². The summed E-state index contributed by atoms with van der Waals surface area (Å²) >= 11 is 0. The van der Waals surface area contributed by atoms with E-state index >= 15 is 0 Å². The van der Waals surface area contributed by atoms with E-state index in [2.05, 4.69) is 5.32 Å². The lowest BCUT2D eigenvalue weighted by Crippen LogP contribution is -2.46. The molecule has 1 N–H and O–H groups in total. The van der Waals surface area contributed by atoms with Gasteiger partial charge in [-0.2, -0.15) is 0 Å². The fourth-order valence-electron chi connectivity index (χ4n) is 1.87. The van der Waals surface area contributed by atoms with Crippen molar-refractivity contribution in [3.05, 3.63) is 29.6 Å². The third-order valence-electron chi connectivity index (χ3n) is 2.82.